The number of rotatable bonds is 3. The van der Waals surface area contributed by atoms with Gasteiger partial charge in [0.25, 0.3) is 0 Å². The van der Waals surface area contributed by atoms with Crippen molar-refractivity contribution in [2.75, 3.05) is 0 Å². The number of aromatic hydroxyl groups is 1. The second-order valence-corrected chi connectivity index (χ2v) is 7.27. The van der Waals surface area contributed by atoms with E-state index in [9.17, 15) is 9.90 Å². The SMILES string of the molecule is CC(C)(C)c1cc(C=CCC=O)c(O)c(C(C)(C)C)c1. The van der Waals surface area contributed by atoms with Crippen LogP contribution < -0.4 is 0 Å². The summed E-state index contributed by atoms with van der Waals surface area (Å²) in [6, 6.07) is 4.10. The van der Waals surface area contributed by atoms with Gasteiger partial charge in [0.15, 0.2) is 0 Å². The highest BCUT2D eigenvalue weighted by molar-refractivity contribution is 5.65. The molecule has 0 aliphatic rings. The summed E-state index contributed by atoms with van der Waals surface area (Å²) in [6.07, 6.45) is 4.82. The fourth-order valence-electron chi connectivity index (χ4n) is 2.04. The van der Waals surface area contributed by atoms with Gasteiger partial charge in [-0.25, -0.2) is 0 Å². The topological polar surface area (TPSA) is 37.3 Å². The lowest BCUT2D eigenvalue weighted by Crippen LogP contribution is -2.17. The minimum absolute atomic E-state index is 0.0148. The zero-order chi connectivity index (χ0) is 15.6. The van der Waals surface area contributed by atoms with E-state index in [2.05, 4.69) is 47.6 Å². The Hall–Kier alpha value is -1.57. The second-order valence-electron chi connectivity index (χ2n) is 7.27. The van der Waals surface area contributed by atoms with Crippen LogP contribution in [0.15, 0.2) is 18.2 Å². The maximum Gasteiger partial charge on any atom is 0.126 e. The van der Waals surface area contributed by atoms with Crippen molar-refractivity contribution in [2.45, 2.75) is 58.8 Å². The van der Waals surface area contributed by atoms with Crippen molar-refractivity contribution < 1.29 is 9.90 Å². The van der Waals surface area contributed by atoms with Crippen LogP contribution in [-0.4, -0.2) is 11.4 Å². The summed E-state index contributed by atoms with van der Waals surface area (Å²) in [6.45, 7) is 12.7. The van der Waals surface area contributed by atoms with Crippen LogP contribution in [0.3, 0.4) is 0 Å². The van der Waals surface area contributed by atoms with Crippen LogP contribution in [-0.2, 0) is 15.6 Å². The molecule has 0 amide bonds. The highest BCUT2D eigenvalue weighted by Gasteiger charge is 2.24. The van der Waals surface area contributed by atoms with E-state index in [0.29, 0.717) is 12.2 Å². The molecule has 0 saturated heterocycles. The number of carbonyl (C=O) groups is 1. The Morgan fingerprint density at radius 2 is 1.65 bits per heavy atom. The molecular weight excluding hydrogens is 248 g/mol. The van der Waals surface area contributed by atoms with Gasteiger partial charge in [0.2, 0.25) is 0 Å². The normalized spacial score (nSPS) is 12.9. The first-order valence-corrected chi connectivity index (χ1v) is 7.05. The van der Waals surface area contributed by atoms with Crippen LogP contribution in [0.2, 0.25) is 0 Å². The first-order chi connectivity index (χ1) is 9.07. The lowest BCUT2D eigenvalue weighted by Gasteiger charge is -2.27. The molecule has 0 aliphatic heterocycles. The Morgan fingerprint density at radius 1 is 1.05 bits per heavy atom. The molecule has 0 aromatic heterocycles. The van der Waals surface area contributed by atoms with Crippen molar-refractivity contribution in [3.8, 4) is 5.75 Å². The maximum absolute atomic E-state index is 10.5. The Morgan fingerprint density at radius 3 is 2.10 bits per heavy atom. The molecular formula is C18H26O2. The van der Waals surface area contributed by atoms with E-state index < -0.39 is 0 Å². The molecule has 0 spiro atoms. The van der Waals surface area contributed by atoms with Crippen molar-refractivity contribution in [1.82, 2.24) is 0 Å². The predicted octanol–water partition coefficient (Wildman–Crippen LogP) is 4.59. The van der Waals surface area contributed by atoms with Crippen LogP contribution in [0, 0.1) is 0 Å². The summed E-state index contributed by atoms with van der Waals surface area (Å²) in [5.74, 6) is 0.313. The summed E-state index contributed by atoms with van der Waals surface area (Å²) >= 11 is 0. The number of hydrogen-bond acceptors (Lipinski definition) is 2. The number of aldehydes is 1. The van der Waals surface area contributed by atoms with Crippen LogP contribution >= 0.6 is 0 Å². The van der Waals surface area contributed by atoms with Crippen molar-refractivity contribution in [3.05, 3.63) is 34.9 Å². The molecule has 2 heteroatoms. The van der Waals surface area contributed by atoms with Gasteiger partial charge in [-0.3, -0.25) is 0 Å². The van der Waals surface area contributed by atoms with E-state index in [-0.39, 0.29) is 10.8 Å². The van der Waals surface area contributed by atoms with Gasteiger partial charge in [0, 0.05) is 17.5 Å². The van der Waals surface area contributed by atoms with Gasteiger partial charge in [0.05, 0.1) is 0 Å². The number of phenols is 1. The molecule has 0 unspecified atom stereocenters. The van der Waals surface area contributed by atoms with Gasteiger partial charge in [0.1, 0.15) is 12.0 Å². The Labute approximate surface area is 122 Å². The largest absolute Gasteiger partial charge is 0.507 e. The third-order valence-electron chi connectivity index (χ3n) is 3.34. The van der Waals surface area contributed by atoms with Gasteiger partial charge in [-0.05, 0) is 22.5 Å². The Kier molecular flexibility index (Phi) is 4.80. The zero-order valence-corrected chi connectivity index (χ0v) is 13.4. The molecule has 1 aromatic carbocycles. The van der Waals surface area contributed by atoms with E-state index >= 15 is 0 Å². The molecule has 0 aliphatic carbocycles. The molecule has 0 atom stereocenters. The summed E-state index contributed by atoms with van der Waals surface area (Å²) < 4.78 is 0. The minimum Gasteiger partial charge on any atom is -0.507 e. The molecule has 0 fully saturated rings. The molecule has 0 radical (unpaired) electrons. The molecule has 0 heterocycles. The second kappa shape index (κ2) is 5.82. The first kappa shape index (κ1) is 16.5. The van der Waals surface area contributed by atoms with E-state index in [4.69, 9.17) is 0 Å². The van der Waals surface area contributed by atoms with E-state index in [0.717, 1.165) is 17.4 Å². The van der Waals surface area contributed by atoms with Gasteiger partial charge >= 0.3 is 0 Å². The molecule has 1 aromatic rings. The third kappa shape index (κ3) is 3.96. The van der Waals surface area contributed by atoms with Crippen LogP contribution in [0.25, 0.3) is 6.08 Å². The molecule has 110 valence electrons. The first-order valence-electron chi connectivity index (χ1n) is 7.05. The van der Waals surface area contributed by atoms with Crippen LogP contribution in [0.1, 0.15) is 64.7 Å². The van der Waals surface area contributed by atoms with Crippen molar-refractivity contribution in [1.29, 1.82) is 0 Å². The van der Waals surface area contributed by atoms with E-state index in [1.807, 2.05) is 12.1 Å². The lowest BCUT2D eigenvalue weighted by atomic mass is 9.79. The van der Waals surface area contributed by atoms with Gasteiger partial charge in [-0.2, -0.15) is 0 Å². The van der Waals surface area contributed by atoms with Gasteiger partial charge in [-0.15, -0.1) is 0 Å². The average Bonchev–Trinajstić information content (AvgIpc) is 2.28. The monoisotopic (exact) mass is 274 g/mol. The van der Waals surface area contributed by atoms with Crippen molar-refractivity contribution >= 4 is 12.4 Å². The van der Waals surface area contributed by atoms with Crippen LogP contribution in [0.5, 0.6) is 5.75 Å². The van der Waals surface area contributed by atoms with E-state index in [1.54, 1.807) is 6.08 Å². The molecule has 20 heavy (non-hydrogen) atoms. The Bertz CT molecular complexity index is 511. The quantitative estimate of drug-likeness (QED) is 0.818. The zero-order valence-electron chi connectivity index (χ0n) is 13.4. The Balaban J connectivity index is 3.47. The summed E-state index contributed by atoms with van der Waals surface area (Å²) in [5.41, 5.74) is 2.80. The lowest BCUT2D eigenvalue weighted by molar-refractivity contribution is -0.107. The maximum atomic E-state index is 10.5. The number of allylic oxidation sites excluding steroid dienone is 1. The van der Waals surface area contributed by atoms with Gasteiger partial charge < -0.3 is 9.90 Å². The molecule has 1 N–H and O–H groups in total. The molecule has 0 bridgehead atoms. The number of phenolic OH excluding ortho intramolecular Hbond substituents is 1. The fraction of sp³-hybridized carbons (Fsp3) is 0.500. The minimum atomic E-state index is -0.126. The predicted molar refractivity (Wildman–Crippen MR) is 85.2 cm³/mol. The number of hydrogen-bond donors (Lipinski definition) is 1. The standard InChI is InChI=1S/C18H26O2/c1-17(2,3)14-11-13(9-7-8-10-19)16(20)15(12-14)18(4,5)6/h7,9-12,20H,8H2,1-6H3. The fourth-order valence-corrected chi connectivity index (χ4v) is 2.04. The molecule has 1 rings (SSSR count). The van der Waals surface area contributed by atoms with Gasteiger partial charge in [-0.1, -0.05) is 59.8 Å². The smallest absolute Gasteiger partial charge is 0.126 e. The number of benzene rings is 1. The molecule has 2 nitrogen and oxygen atoms in total. The average molecular weight is 274 g/mol. The van der Waals surface area contributed by atoms with Crippen LogP contribution in [0.4, 0.5) is 0 Å². The third-order valence-corrected chi connectivity index (χ3v) is 3.34. The summed E-state index contributed by atoms with van der Waals surface area (Å²) in [7, 11) is 0. The summed E-state index contributed by atoms with van der Waals surface area (Å²) in [5, 5.41) is 10.5. The van der Waals surface area contributed by atoms with Crippen molar-refractivity contribution in [2.24, 2.45) is 0 Å². The van der Waals surface area contributed by atoms with E-state index in [1.165, 1.54) is 5.56 Å². The summed E-state index contributed by atoms with van der Waals surface area (Å²) in [4.78, 5) is 10.4. The van der Waals surface area contributed by atoms with Crippen molar-refractivity contribution in [3.63, 3.8) is 0 Å². The molecule has 0 saturated carbocycles. The highest BCUT2D eigenvalue weighted by Crippen LogP contribution is 2.38. The highest BCUT2D eigenvalue weighted by atomic mass is 16.3. The number of carbonyl (C=O) groups excluding carboxylic acids is 1.